The number of amides is 1. The van der Waals surface area contributed by atoms with Crippen molar-refractivity contribution in [2.45, 2.75) is 65.7 Å². The van der Waals surface area contributed by atoms with E-state index in [2.05, 4.69) is 53.6 Å². The van der Waals surface area contributed by atoms with E-state index in [1.165, 1.54) is 43.0 Å². The van der Waals surface area contributed by atoms with E-state index in [4.69, 9.17) is 0 Å². The summed E-state index contributed by atoms with van der Waals surface area (Å²) in [4.78, 5) is 14.7. The van der Waals surface area contributed by atoms with Crippen molar-refractivity contribution in [1.82, 2.24) is 10.2 Å². The van der Waals surface area contributed by atoms with Gasteiger partial charge < -0.3 is 10.2 Å². The maximum atomic E-state index is 12.4. The van der Waals surface area contributed by atoms with E-state index in [0.717, 1.165) is 50.4 Å². The van der Waals surface area contributed by atoms with Crippen LogP contribution in [0.3, 0.4) is 0 Å². The van der Waals surface area contributed by atoms with Crippen molar-refractivity contribution in [3.05, 3.63) is 0 Å². The summed E-state index contributed by atoms with van der Waals surface area (Å²) in [5, 5.41) is 3.18. The average Bonchev–Trinajstić information content (AvgIpc) is 2.50. The van der Waals surface area contributed by atoms with Gasteiger partial charge in [-0.15, -0.1) is 0 Å². The number of carbonyl (C=O) groups is 1. The van der Waals surface area contributed by atoms with Crippen LogP contribution in [-0.4, -0.2) is 41.4 Å². The van der Waals surface area contributed by atoms with Crippen LogP contribution < -0.4 is 5.32 Å². The molecular formula is C20H37IN2O. The van der Waals surface area contributed by atoms with Gasteiger partial charge in [0.1, 0.15) is 0 Å². The number of carbonyl (C=O) groups excluding carboxylic acids is 1. The zero-order chi connectivity index (χ0) is 17.6. The maximum Gasteiger partial charge on any atom is 0.220 e. The first-order valence-corrected chi connectivity index (χ1v) is 11.6. The lowest BCUT2D eigenvalue weighted by molar-refractivity contribution is -0.129. The monoisotopic (exact) mass is 448 g/mol. The van der Waals surface area contributed by atoms with Gasteiger partial charge in [0, 0.05) is 19.5 Å². The van der Waals surface area contributed by atoms with Crippen molar-refractivity contribution in [3.8, 4) is 0 Å². The molecule has 4 fully saturated rings. The minimum absolute atomic E-state index is 0.309. The van der Waals surface area contributed by atoms with Crippen LogP contribution in [0.15, 0.2) is 0 Å². The van der Waals surface area contributed by atoms with Crippen molar-refractivity contribution < 1.29 is 4.79 Å². The van der Waals surface area contributed by atoms with Crippen LogP contribution in [0.4, 0.5) is 0 Å². The number of hydrogen-bond acceptors (Lipinski definition) is 2. The molecule has 4 aliphatic carbocycles. The van der Waals surface area contributed by atoms with Gasteiger partial charge in [0.15, 0.2) is 0 Å². The molecule has 1 N–H and O–H groups in total. The molecule has 1 amide bonds. The first kappa shape index (κ1) is 20.5. The second kappa shape index (κ2) is 9.75. The summed E-state index contributed by atoms with van der Waals surface area (Å²) in [6, 6.07) is 0. The van der Waals surface area contributed by atoms with Crippen LogP contribution in [0.1, 0.15) is 65.7 Å². The van der Waals surface area contributed by atoms with Crippen LogP contribution in [0.2, 0.25) is 0 Å². The zero-order valence-corrected chi connectivity index (χ0v) is 18.1. The fraction of sp³-hybridized carbons (Fsp3) is 0.950. The van der Waals surface area contributed by atoms with Crippen molar-refractivity contribution in [3.63, 3.8) is 0 Å². The van der Waals surface area contributed by atoms with Crippen LogP contribution in [-0.2, 0) is 4.79 Å². The molecule has 0 atom stereocenters. The Morgan fingerprint density at radius 3 is 1.92 bits per heavy atom. The Hall–Kier alpha value is 0.160. The molecule has 0 heterocycles. The molecule has 0 unspecified atom stereocenters. The predicted molar refractivity (Wildman–Crippen MR) is 111 cm³/mol. The fourth-order valence-corrected chi connectivity index (χ4v) is 5.80. The summed E-state index contributed by atoms with van der Waals surface area (Å²) < 4.78 is 1.22. The number of hydrogen-bond donors (Lipinski definition) is 1. The van der Waals surface area contributed by atoms with Crippen molar-refractivity contribution in [1.29, 1.82) is 0 Å². The Bertz CT molecular complexity index is 360. The normalized spacial score (nSPS) is 33.3. The van der Waals surface area contributed by atoms with E-state index in [-0.39, 0.29) is 0 Å². The summed E-state index contributed by atoms with van der Waals surface area (Å²) in [7, 11) is 0. The third-order valence-electron chi connectivity index (χ3n) is 6.35. The fourth-order valence-electron chi connectivity index (χ4n) is 5.80. The first-order chi connectivity index (χ1) is 11.5. The summed E-state index contributed by atoms with van der Waals surface area (Å²) in [6.07, 6.45) is 9.19. The highest BCUT2D eigenvalue weighted by Crippen LogP contribution is 2.61. The molecule has 0 aromatic carbocycles. The maximum absolute atomic E-state index is 12.4. The minimum Gasteiger partial charge on any atom is -0.355 e. The van der Waals surface area contributed by atoms with Gasteiger partial charge in [-0.2, -0.15) is 0 Å². The molecule has 0 aromatic heterocycles. The summed E-state index contributed by atoms with van der Waals surface area (Å²) in [5.41, 5.74) is 0.383. The summed E-state index contributed by atoms with van der Waals surface area (Å²) >= 11 is 2.29. The van der Waals surface area contributed by atoms with Gasteiger partial charge in [-0.1, -0.05) is 43.4 Å². The van der Waals surface area contributed by atoms with Crippen molar-refractivity contribution in [2.24, 2.45) is 23.2 Å². The second-order valence-electron chi connectivity index (χ2n) is 8.24. The molecule has 4 heteroatoms. The van der Waals surface area contributed by atoms with E-state index in [1.807, 2.05) is 0 Å². The van der Waals surface area contributed by atoms with Gasteiger partial charge in [0.2, 0.25) is 5.91 Å². The SMILES string of the molecule is CCI.CCN(CC)CCNC(=O)CC12CC3CC(CC(C3)C1)C2. The van der Waals surface area contributed by atoms with Gasteiger partial charge in [-0.05, 0) is 79.2 Å². The lowest BCUT2D eigenvalue weighted by atomic mass is 9.49. The van der Waals surface area contributed by atoms with Gasteiger partial charge in [0.25, 0.3) is 0 Å². The highest BCUT2D eigenvalue weighted by atomic mass is 127. The van der Waals surface area contributed by atoms with Crippen molar-refractivity contribution in [2.75, 3.05) is 30.6 Å². The highest BCUT2D eigenvalue weighted by molar-refractivity contribution is 14.1. The topological polar surface area (TPSA) is 32.3 Å². The van der Waals surface area contributed by atoms with Crippen LogP contribution in [0.25, 0.3) is 0 Å². The largest absolute Gasteiger partial charge is 0.355 e. The van der Waals surface area contributed by atoms with Crippen LogP contribution >= 0.6 is 22.6 Å². The van der Waals surface area contributed by atoms with Gasteiger partial charge in [-0.25, -0.2) is 0 Å². The number of nitrogens with one attached hydrogen (secondary N) is 1. The average molecular weight is 448 g/mol. The Morgan fingerprint density at radius 2 is 1.50 bits per heavy atom. The Morgan fingerprint density at radius 1 is 1.04 bits per heavy atom. The predicted octanol–water partition coefficient (Wildman–Crippen LogP) is 4.49. The number of halogens is 1. The molecule has 4 bridgehead atoms. The quantitative estimate of drug-likeness (QED) is 0.460. The zero-order valence-electron chi connectivity index (χ0n) is 16.0. The third kappa shape index (κ3) is 5.58. The van der Waals surface area contributed by atoms with Crippen LogP contribution in [0, 0.1) is 23.2 Å². The van der Waals surface area contributed by atoms with E-state index < -0.39 is 0 Å². The summed E-state index contributed by atoms with van der Waals surface area (Å²) in [6.45, 7) is 10.4. The van der Waals surface area contributed by atoms with E-state index in [1.54, 1.807) is 0 Å². The standard InChI is InChI=1S/C18H32N2O.C2H5I/c1-3-20(4-2)6-5-19-17(21)13-18-10-14-7-15(11-18)9-16(8-14)12-18;1-2-3/h14-16H,3-13H2,1-2H3,(H,19,21);2H2,1H3. The first-order valence-electron chi connectivity index (χ1n) is 10.1. The molecule has 24 heavy (non-hydrogen) atoms. The number of rotatable bonds is 7. The lowest BCUT2D eigenvalue weighted by Gasteiger charge is -2.56. The molecule has 4 rings (SSSR count). The molecule has 140 valence electrons. The molecule has 4 aliphatic rings. The molecular weight excluding hydrogens is 411 g/mol. The van der Waals surface area contributed by atoms with Crippen LogP contribution in [0.5, 0.6) is 0 Å². The number of alkyl halides is 1. The molecule has 0 aliphatic heterocycles. The second-order valence-corrected chi connectivity index (χ2v) is 9.76. The van der Waals surface area contributed by atoms with Crippen molar-refractivity contribution >= 4 is 28.5 Å². The highest BCUT2D eigenvalue weighted by Gasteiger charge is 2.51. The number of likely N-dealkylation sites (N-methyl/N-ethyl adjacent to an activating group) is 1. The van der Waals surface area contributed by atoms with E-state index >= 15 is 0 Å². The molecule has 0 spiro atoms. The number of nitrogens with zero attached hydrogens (tertiary/aromatic N) is 1. The molecule has 3 nitrogen and oxygen atoms in total. The third-order valence-corrected chi connectivity index (χ3v) is 6.35. The van der Waals surface area contributed by atoms with E-state index in [0.29, 0.717) is 11.3 Å². The van der Waals surface area contributed by atoms with Gasteiger partial charge in [-0.3, -0.25) is 4.79 Å². The molecule has 0 radical (unpaired) electrons. The van der Waals surface area contributed by atoms with E-state index in [9.17, 15) is 4.79 Å². The summed E-state index contributed by atoms with van der Waals surface area (Å²) in [5.74, 6) is 3.14. The van der Waals surface area contributed by atoms with Gasteiger partial charge in [0.05, 0.1) is 0 Å². The Balaban J connectivity index is 0.000000647. The minimum atomic E-state index is 0.309. The lowest BCUT2D eigenvalue weighted by Crippen LogP contribution is -2.48. The Labute approximate surface area is 162 Å². The van der Waals surface area contributed by atoms with Gasteiger partial charge >= 0.3 is 0 Å². The smallest absolute Gasteiger partial charge is 0.220 e. The molecule has 0 saturated heterocycles. The molecule has 0 aromatic rings. The Kier molecular flexibility index (Phi) is 8.31. The molecule has 4 saturated carbocycles.